The fourth-order valence-electron chi connectivity index (χ4n) is 1.77. The van der Waals surface area contributed by atoms with Crippen LogP contribution in [0.1, 0.15) is 31.9 Å². The maximum Gasteiger partial charge on any atom is 0.131 e. The fourth-order valence-corrected chi connectivity index (χ4v) is 2.76. The van der Waals surface area contributed by atoms with E-state index >= 15 is 0 Å². The van der Waals surface area contributed by atoms with Crippen molar-refractivity contribution in [3.63, 3.8) is 0 Å². The lowest BCUT2D eigenvalue weighted by Crippen LogP contribution is -2.24. The molecule has 1 aromatic rings. The van der Waals surface area contributed by atoms with Gasteiger partial charge in [0, 0.05) is 23.4 Å². The van der Waals surface area contributed by atoms with Gasteiger partial charge in [0.1, 0.15) is 11.6 Å². The molecule has 4 heteroatoms. The first kappa shape index (κ1) is 15.3. The number of nitrogens with one attached hydrogen (secondary N) is 1. The minimum absolute atomic E-state index is 0.0671. The molecule has 0 amide bonds. The summed E-state index contributed by atoms with van der Waals surface area (Å²) in [5.41, 5.74) is 0.723. The Morgan fingerprint density at radius 1 is 1.39 bits per heavy atom. The molecule has 0 saturated heterocycles. The van der Waals surface area contributed by atoms with Crippen LogP contribution in [0.25, 0.3) is 0 Å². The zero-order valence-corrected chi connectivity index (χ0v) is 12.1. The quantitative estimate of drug-likeness (QED) is 0.730. The second-order valence-corrected chi connectivity index (χ2v) is 5.22. The summed E-state index contributed by atoms with van der Waals surface area (Å²) in [5.74, 6) is 2.37. The molecule has 1 N–H and O–H groups in total. The van der Waals surface area contributed by atoms with Crippen molar-refractivity contribution in [3.05, 3.63) is 29.6 Å². The number of benzene rings is 1. The molecule has 0 spiro atoms. The minimum Gasteiger partial charge on any atom is -0.497 e. The Balaban J connectivity index is 2.77. The first-order valence-corrected chi connectivity index (χ1v) is 7.52. The van der Waals surface area contributed by atoms with Gasteiger partial charge in [-0.05, 0) is 24.8 Å². The molecule has 0 aromatic heterocycles. The van der Waals surface area contributed by atoms with Crippen LogP contribution < -0.4 is 10.1 Å². The monoisotopic (exact) mass is 271 g/mol. The van der Waals surface area contributed by atoms with Crippen molar-refractivity contribution in [2.75, 3.05) is 25.2 Å². The van der Waals surface area contributed by atoms with Crippen molar-refractivity contribution in [2.24, 2.45) is 0 Å². The van der Waals surface area contributed by atoms with Crippen molar-refractivity contribution in [2.45, 2.75) is 26.3 Å². The highest BCUT2D eigenvalue weighted by atomic mass is 32.2. The number of ether oxygens (including phenoxy) is 1. The van der Waals surface area contributed by atoms with Gasteiger partial charge in [-0.15, -0.1) is 0 Å². The number of hydrogen-bond donors (Lipinski definition) is 1. The van der Waals surface area contributed by atoms with Gasteiger partial charge in [-0.1, -0.05) is 19.9 Å². The third-order valence-electron chi connectivity index (χ3n) is 2.67. The summed E-state index contributed by atoms with van der Waals surface area (Å²) < 4.78 is 19.0. The fraction of sp³-hybridized carbons (Fsp3) is 0.571. The normalized spacial score (nSPS) is 12.4. The average molecular weight is 271 g/mol. The van der Waals surface area contributed by atoms with Crippen LogP contribution in [0.4, 0.5) is 4.39 Å². The molecule has 0 aliphatic rings. The van der Waals surface area contributed by atoms with E-state index in [0.717, 1.165) is 30.0 Å². The standard InChI is InChI=1S/C14H22FNOS/c1-4-8-18-10-14(16-5-2)12-7-6-11(17-3)9-13(12)15/h6-7,9,14,16H,4-5,8,10H2,1-3H3. The summed E-state index contributed by atoms with van der Waals surface area (Å²) in [6.07, 6.45) is 1.15. The molecule has 0 aliphatic carbocycles. The van der Waals surface area contributed by atoms with Gasteiger partial charge < -0.3 is 10.1 Å². The summed E-state index contributed by atoms with van der Waals surface area (Å²) in [7, 11) is 1.55. The number of rotatable bonds is 8. The molecular weight excluding hydrogens is 249 g/mol. The van der Waals surface area contributed by atoms with Crippen LogP contribution in [-0.2, 0) is 0 Å². The van der Waals surface area contributed by atoms with Crippen molar-refractivity contribution in [1.29, 1.82) is 0 Å². The van der Waals surface area contributed by atoms with Crippen molar-refractivity contribution >= 4 is 11.8 Å². The van der Waals surface area contributed by atoms with E-state index in [2.05, 4.69) is 12.2 Å². The first-order chi connectivity index (χ1) is 8.72. The Morgan fingerprint density at radius 2 is 2.17 bits per heavy atom. The van der Waals surface area contributed by atoms with Gasteiger partial charge in [-0.3, -0.25) is 0 Å². The van der Waals surface area contributed by atoms with E-state index in [1.807, 2.05) is 30.8 Å². The smallest absolute Gasteiger partial charge is 0.131 e. The summed E-state index contributed by atoms with van der Waals surface area (Å²) in [4.78, 5) is 0. The molecule has 1 atom stereocenters. The Bertz CT molecular complexity index is 360. The minimum atomic E-state index is -0.197. The molecule has 0 bridgehead atoms. The van der Waals surface area contributed by atoms with E-state index in [4.69, 9.17) is 4.74 Å². The number of methoxy groups -OCH3 is 1. The molecule has 1 aromatic carbocycles. The van der Waals surface area contributed by atoms with Gasteiger partial charge in [0.2, 0.25) is 0 Å². The Kier molecular flexibility index (Phi) is 7.13. The lowest BCUT2D eigenvalue weighted by Gasteiger charge is -2.19. The van der Waals surface area contributed by atoms with Crippen LogP contribution in [0.5, 0.6) is 5.75 Å². The van der Waals surface area contributed by atoms with Crippen LogP contribution in [0, 0.1) is 5.82 Å². The van der Waals surface area contributed by atoms with Gasteiger partial charge in [-0.25, -0.2) is 4.39 Å². The predicted octanol–water partition coefficient (Wildman–Crippen LogP) is 3.63. The highest BCUT2D eigenvalue weighted by Crippen LogP contribution is 2.24. The molecule has 0 radical (unpaired) electrons. The van der Waals surface area contributed by atoms with Crippen LogP contribution in [0.3, 0.4) is 0 Å². The highest BCUT2D eigenvalue weighted by molar-refractivity contribution is 7.99. The highest BCUT2D eigenvalue weighted by Gasteiger charge is 2.15. The third-order valence-corrected chi connectivity index (χ3v) is 3.93. The molecule has 2 nitrogen and oxygen atoms in total. The van der Waals surface area contributed by atoms with Gasteiger partial charge in [0.15, 0.2) is 0 Å². The topological polar surface area (TPSA) is 21.3 Å². The zero-order valence-electron chi connectivity index (χ0n) is 11.3. The molecule has 0 fully saturated rings. The number of thioether (sulfide) groups is 1. The van der Waals surface area contributed by atoms with Crippen molar-refractivity contribution in [1.82, 2.24) is 5.32 Å². The molecule has 18 heavy (non-hydrogen) atoms. The van der Waals surface area contributed by atoms with Crippen molar-refractivity contribution < 1.29 is 9.13 Å². The maximum atomic E-state index is 14.0. The summed E-state index contributed by atoms with van der Waals surface area (Å²) in [6.45, 7) is 5.03. The third kappa shape index (κ3) is 4.50. The van der Waals surface area contributed by atoms with E-state index in [1.165, 1.54) is 6.07 Å². The van der Waals surface area contributed by atoms with Gasteiger partial charge in [-0.2, -0.15) is 11.8 Å². The summed E-state index contributed by atoms with van der Waals surface area (Å²) in [5, 5.41) is 3.33. The lowest BCUT2D eigenvalue weighted by atomic mass is 10.1. The van der Waals surface area contributed by atoms with Gasteiger partial charge in [0.25, 0.3) is 0 Å². The second kappa shape index (κ2) is 8.38. The zero-order chi connectivity index (χ0) is 13.4. The maximum absolute atomic E-state index is 14.0. The number of halogens is 1. The van der Waals surface area contributed by atoms with Crippen molar-refractivity contribution in [3.8, 4) is 5.75 Å². The molecule has 1 unspecified atom stereocenters. The van der Waals surface area contributed by atoms with Gasteiger partial charge in [0.05, 0.1) is 7.11 Å². The van der Waals surface area contributed by atoms with Crippen LogP contribution in [-0.4, -0.2) is 25.2 Å². The van der Waals surface area contributed by atoms with Crippen LogP contribution in [0.15, 0.2) is 18.2 Å². The van der Waals surface area contributed by atoms with Crippen LogP contribution >= 0.6 is 11.8 Å². The van der Waals surface area contributed by atoms with Gasteiger partial charge >= 0.3 is 0 Å². The molecular formula is C14H22FNOS. The Labute approximate surface area is 113 Å². The summed E-state index contributed by atoms with van der Waals surface area (Å²) >= 11 is 1.85. The predicted molar refractivity (Wildman–Crippen MR) is 77.0 cm³/mol. The van der Waals surface area contributed by atoms with E-state index in [0.29, 0.717) is 5.75 Å². The average Bonchev–Trinajstić information content (AvgIpc) is 2.38. The molecule has 102 valence electrons. The SMILES string of the molecule is CCCSCC(NCC)c1ccc(OC)cc1F. The largest absolute Gasteiger partial charge is 0.497 e. The second-order valence-electron chi connectivity index (χ2n) is 4.07. The Morgan fingerprint density at radius 3 is 2.72 bits per heavy atom. The number of hydrogen-bond acceptors (Lipinski definition) is 3. The Hall–Kier alpha value is -0.740. The van der Waals surface area contributed by atoms with E-state index < -0.39 is 0 Å². The van der Waals surface area contributed by atoms with E-state index in [1.54, 1.807) is 7.11 Å². The van der Waals surface area contributed by atoms with E-state index in [9.17, 15) is 4.39 Å². The van der Waals surface area contributed by atoms with Crippen LogP contribution in [0.2, 0.25) is 0 Å². The first-order valence-electron chi connectivity index (χ1n) is 6.37. The van der Waals surface area contributed by atoms with E-state index in [-0.39, 0.29) is 11.9 Å². The lowest BCUT2D eigenvalue weighted by molar-refractivity contribution is 0.409. The molecule has 0 heterocycles. The molecule has 0 aliphatic heterocycles. The molecule has 0 saturated carbocycles. The summed E-state index contributed by atoms with van der Waals surface area (Å²) in [6, 6.07) is 5.14. The molecule has 1 rings (SSSR count).